The second-order valence-electron chi connectivity index (χ2n) is 2.68. The Kier molecular flexibility index (Phi) is 2.13. The lowest BCUT2D eigenvalue weighted by molar-refractivity contribution is 0.399. The number of nitrogens with zero attached hydrogens (tertiary/aromatic N) is 2. The lowest BCUT2D eigenvalue weighted by atomic mass is 10.3. The molecule has 2 rings (SSSR count). The van der Waals surface area contributed by atoms with Crippen molar-refractivity contribution >= 4 is 22.6 Å². The highest BCUT2D eigenvalue weighted by Crippen LogP contribution is 2.29. The van der Waals surface area contributed by atoms with Crippen LogP contribution in [0.25, 0.3) is 11.0 Å². The van der Waals surface area contributed by atoms with E-state index in [0.29, 0.717) is 16.9 Å². The Morgan fingerprint density at radius 3 is 2.93 bits per heavy atom. The maximum Gasteiger partial charge on any atom is 0.213 e. The van der Waals surface area contributed by atoms with Crippen molar-refractivity contribution < 1.29 is 9.84 Å². The van der Waals surface area contributed by atoms with Crippen molar-refractivity contribution in [1.29, 1.82) is 0 Å². The summed E-state index contributed by atoms with van der Waals surface area (Å²) in [5.41, 5.74) is 1.06. The summed E-state index contributed by atoms with van der Waals surface area (Å²) in [6, 6.07) is 3.41. The van der Waals surface area contributed by atoms with Gasteiger partial charge in [0.1, 0.15) is 10.5 Å². The first-order chi connectivity index (χ1) is 6.72. The first kappa shape index (κ1) is 9.02. The average Bonchev–Trinajstić information content (AvgIpc) is 2.23. The first-order valence-corrected chi connectivity index (χ1v) is 4.28. The molecule has 0 unspecified atom stereocenters. The van der Waals surface area contributed by atoms with Crippen LogP contribution in [0.15, 0.2) is 18.3 Å². The zero-order valence-electron chi connectivity index (χ0n) is 7.36. The molecule has 0 saturated heterocycles. The van der Waals surface area contributed by atoms with E-state index in [1.165, 1.54) is 13.3 Å². The van der Waals surface area contributed by atoms with E-state index in [9.17, 15) is 5.11 Å². The van der Waals surface area contributed by atoms with Crippen LogP contribution in [0.2, 0.25) is 5.02 Å². The van der Waals surface area contributed by atoms with Gasteiger partial charge in [0.2, 0.25) is 5.88 Å². The summed E-state index contributed by atoms with van der Waals surface area (Å²) in [6.07, 6.45) is 1.29. The van der Waals surface area contributed by atoms with E-state index in [1.54, 1.807) is 12.1 Å². The first-order valence-electron chi connectivity index (χ1n) is 3.90. The third-order valence-electron chi connectivity index (χ3n) is 1.82. The number of ether oxygens (including phenoxy) is 1. The third kappa shape index (κ3) is 1.33. The average molecular weight is 211 g/mol. The van der Waals surface area contributed by atoms with Gasteiger partial charge in [-0.15, -0.1) is 0 Å². The second kappa shape index (κ2) is 3.31. The normalized spacial score (nSPS) is 10.4. The number of aromatic nitrogens is 2. The molecule has 0 saturated carbocycles. The maximum absolute atomic E-state index is 9.31. The molecule has 0 amide bonds. The van der Waals surface area contributed by atoms with Crippen molar-refractivity contribution in [2.45, 2.75) is 0 Å². The summed E-state index contributed by atoms with van der Waals surface area (Å²) in [7, 11) is 1.51. The van der Waals surface area contributed by atoms with Crippen molar-refractivity contribution in [3.63, 3.8) is 0 Å². The minimum absolute atomic E-state index is 0.0834. The monoisotopic (exact) mass is 210 g/mol. The molecule has 1 N–H and O–H groups in total. The fourth-order valence-electron chi connectivity index (χ4n) is 1.12. The van der Waals surface area contributed by atoms with Crippen molar-refractivity contribution in [2.75, 3.05) is 7.11 Å². The van der Waals surface area contributed by atoms with E-state index in [2.05, 4.69) is 9.97 Å². The number of hydrogen-bond donors (Lipinski definition) is 1. The van der Waals surface area contributed by atoms with Gasteiger partial charge in [-0.2, -0.15) is 0 Å². The molecule has 0 aliphatic rings. The van der Waals surface area contributed by atoms with Crippen LogP contribution in [0.5, 0.6) is 11.6 Å². The predicted molar refractivity (Wildman–Crippen MR) is 52.8 cm³/mol. The molecule has 4 nitrogen and oxygen atoms in total. The van der Waals surface area contributed by atoms with Gasteiger partial charge in [0, 0.05) is 6.07 Å². The summed E-state index contributed by atoms with van der Waals surface area (Å²) in [5.74, 6) is 0.353. The Hall–Kier alpha value is -1.55. The van der Waals surface area contributed by atoms with Gasteiger partial charge in [0.25, 0.3) is 0 Å². The van der Waals surface area contributed by atoms with Gasteiger partial charge in [-0.3, -0.25) is 4.98 Å². The standard InChI is InChI=1S/C9H7ClN2O2/c1-14-7-3-2-5-9(12-7)8(10)6(13)4-11-5/h2-4,13H,1H3. The van der Waals surface area contributed by atoms with Crippen molar-refractivity contribution in [2.24, 2.45) is 0 Å². The molecule has 0 bridgehead atoms. The van der Waals surface area contributed by atoms with Gasteiger partial charge >= 0.3 is 0 Å². The highest BCUT2D eigenvalue weighted by atomic mass is 35.5. The Morgan fingerprint density at radius 1 is 1.43 bits per heavy atom. The van der Waals surface area contributed by atoms with E-state index in [0.717, 1.165) is 0 Å². The van der Waals surface area contributed by atoms with Crippen molar-refractivity contribution in [3.05, 3.63) is 23.4 Å². The van der Waals surface area contributed by atoms with Gasteiger partial charge in [-0.1, -0.05) is 11.6 Å². The minimum Gasteiger partial charge on any atom is -0.505 e. The largest absolute Gasteiger partial charge is 0.505 e. The smallest absolute Gasteiger partial charge is 0.213 e. The molecule has 0 spiro atoms. The number of halogens is 1. The summed E-state index contributed by atoms with van der Waals surface area (Å²) < 4.78 is 4.94. The van der Waals surface area contributed by atoms with Crippen molar-refractivity contribution in [3.8, 4) is 11.6 Å². The lowest BCUT2D eigenvalue weighted by Gasteiger charge is -2.03. The van der Waals surface area contributed by atoms with E-state index >= 15 is 0 Å². The molecule has 2 aromatic heterocycles. The fourth-order valence-corrected chi connectivity index (χ4v) is 1.31. The maximum atomic E-state index is 9.31. The number of fused-ring (bicyclic) bond motifs is 1. The fraction of sp³-hybridized carbons (Fsp3) is 0.111. The summed E-state index contributed by atoms with van der Waals surface area (Å²) in [5, 5.41) is 9.49. The predicted octanol–water partition coefficient (Wildman–Crippen LogP) is 2.00. The Morgan fingerprint density at radius 2 is 2.21 bits per heavy atom. The van der Waals surface area contributed by atoms with Crippen LogP contribution >= 0.6 is 11.6 Å². The highest BCUT2D eigenvalue weighted by Gasteiger charge is 2.07. The molecule has 5 heteroatoms. The van der Waals surface area contributed by atoms with Crippen LogP contribution in [-0.2, 0) is 0 Å². The summed E-state index contributed by atoms with van der Waals surface area (Å²) >= 11 is 5.85. The topological polar surface area (TPSA) is 55.2 Å². The van der Waals surface area contributed by atoms with Crippen molar-refractivity contribution in [1.82, 2.24) is 9.97 Å². The minimum atomic E-state index is -0.0834. The van der Waals surface area contributed by atoms with Gasteiger partial charge in [0.05, 0.1) is 18.8 Å². The molecule has 2 heterocycles. The molecule has 0 aliphatic heterocycles. The van der Waals surface area contributed by atoms with Crippen LogP contribution in [0.4, 0.5) is 0 Å². The SMILES string of the molecule is COc1ccc2ncc(O)c(Cl)c2n1. The molecule has 2 aromatic rings. The van der Waals surface area contributed by atoms with Gasteiger partial charge in [-0.25, -0.2) is 4.98 Å². The number of rotatable bonds is 1. The third-order valence-corrected chi connectivity index (χ3v) is 2.19. The number of hydrogen-bond acceptors (Lipinski definition) is 4. The highest BCUT2D eigenvalue weighted by molar-refractivity contribution is 6.36. The molecule has 0 aromatic carbocycles. The van der Waals surface area contributed by atoms with Crippen LogP contribution < -0.4 is 4.74 Å². The van der Waals surface area contributed by atoms with E-state index in [1.807, 2.05) is 0 Å². The molecule has 0 atom stereocenters. The zero-order chi connectivity index (χ0) is 10.1. The molecule has 0 radical (unpaired) electrons. The van der Waals surface area contributed by atoms with Gasteiger partial charge < -0.3 is 9.84 Å². The van der Waals surface area contributed by atoms with Gasteiger partial charge in [-0.05, 0) is 6.07 Å². The Balaban J connectivity index is 2.78. The zero-order valence-corrected chi connectivity index (χ0v) is 8.12. The lowest BCUT2D eigenvalue weighted by Crippen LogP contribution is -1.89. The number of pyridine rings is 2. The van der Waals surface area contributed by atoms with Crippen LogP contribution in [0.3, 0.4) is 0 Å². The van der Waals surface area contributed by atoms with Crippen LogP contribution in [0, 0.1) is 0 Å². The van der Waals surface area contributed by atoms with Crippen LogP contribution in [0.1, 0.15) is 0 Å². The number of methoxy groups -OCH3 is 1. The molecule has 0 fully saturated rings. The van der Waals surface area contributed by atoms with Crippen LogP contribution in [-0.4, -0.2) is 22.2 Å². The number of aromatic hydroxyl groups is 1. The Bertz CT molecular complexity index is 487. The molecule has 0 aliphatic carbocycles. The molecular formula is C9H7ClN2O2. The van der Waals surface area contributed by atoms with Gasteiger partial charge in [0.15, 0.2) is 5.75 Å². The summed E-state index contributed by atoms with van der Waals surface area (Å²) in [4.78, 5) is 8.04. The second-order valence-corrected chi connectivity index (χ2v) is 3.06. The van der Waals surface area contributed by atoms with E-state index in [-0.39, 0.29) is 10.8 Å². The molecule has 14 heavy (non-hydrogen) atoms. The summed E-state index contributed by atoms with van der Waals surface area (Å²) in [6.45, 7) is 0. The molecular weight excluding hydrogens is 204 g/mol. The quantitative estimate of drug-likeness (QED) is 0.782. The van der Waals surface area contributed by atoms with E-state index < -0.39 is 0 Å². The van der Waals surface area contributed by atoms with E-state index in [4.69, 9.17) is 16.3 Å². The molecule has 72 valence electrons. The Labute approximate surface area is 85.1 Å².